The fraction of sp³-hybridized carbons (Fsp3) is 0.190. The van der Waals surface area contributed by atoms with E-state index in [1.54, 1.807) is 6.21 Å². The zero-order valence-corrected chi connectivity index (χ0v) is 15.1. The first-order chi connectivity index (χ1) is 12.6. The van der Waals surface area contributed by atoms with Crippen LogP contribution in [0.2, 0.25) is 5.15 Å². The van der Waals surface area contributed by atoms with Crippen molar-refractivity contribution in [3.05, 3.63) is 76.4 Å². The second-order valence-corrected chi connectivity index (χ2v) is 7.02. The topological polar surface area (TPSA) is 54.4 Å². The van der Waals surface area contributed by atoms with Gasteiger partial charge in [-0.05, 0) is 42.5 Å². The summed E-state index contributed by atoms with van der Waals surface area (Å²) < 4.78 is 0. The Bertz CT molecular complexity index is 1000. The molecule has 0 bridgehead atoms. The molecule has 1 heterocycles. The van der Waals surface area contributed by atoms with Crippen molar-refractivity contribution < 1.29 is 4.79 Å². The Morgan fingerprint density at radius 2 is 2.04 bits per heavy atom. The fourth-order valence-corrected chi connectivity index (χ4v) is 3.36. The number of fused-ring (bicyclic) bond motifs is 1. The van der Waals surface area contributed by atoms with Crippen molar-refractivity contribution in [2.24, 2.45) is 11.0 Å². The molecule has 0 aliphatic heterocycles. The number of hydrazone groups is 1. The maximum absolute atomic E-state index is 12.2. The summed E-state index contributed by atoms with van der Waals surface area (Å²) in [5, 5.41) is 5.42. The third kappa shape index (κ3) is 3.46. The highest BCUT2D eigenvalue weighted by Gasteiger charge is 2.43. The Morgan fingerprint density at radius 3 is 2.85 bits per heavy atom. The Hall–Kier alpha value is -2.72. The van der Waals surface area contributed by atoms with E-state index in [0.29, 0.717) is 16.6 Å². The molecule has 0 saturated heterocycles. The highest BCUT2D eigenvalue weighted by atomic mass is 35.5. The fourth-order valence-electron chi connectivity index (χ4n) is 3.16. The minimum absolute atomic E-state index is 0.0114. The lowest BCUT2D eigenvalue weighted by Gasteiger charge is -2.03. The minimum atomic E-state index is -0.0596. The van der Waals surface area contributed by atoms with Gasteiger partial charge in [0.25, 0.3) is 0 Å². The largest absolute Gasteiger partial charge is 0.273 e. The Labute approximate surface area is 156 Å². The molecule has 5 heteroatoms. The number of carbonyl (C=O) groups excluding carboxylic acids is 1. The lowest BCUT2D eigenvalue weighted by Crippen LogP contribution is -2.20. The summed E-state index contributed by atoms with van der Waals surface area (Å²) in [7, 11) is 0. The molecule has 1 saturated carbocycles. The first kappa shape index (κ1) is 16.7. The van der Waals surface area contributed by atoms with Crippen molar-refractivity contribution in [2.75, 3.05) is 0 Å². The molecular weight excluding hydrogens is 346 g/mol. The van der Waals surface area contributed by atoms with Gasteiger partial charge in [-0.2, -0.15) is 5.10 Å². The number of hydrogen-bond acceptors (Lipinski definition) is 3. The van der Waals surface area contributed by atoms with Crippen LogP contribution in [0.25, 0.3) is 10.9 Å². The van der Waals surface area contributed by atoms with Crippen LogP contribution in [0.5, 0.6) is 0 Å². The summed E-state index contributed by atoms with van der Waals surface area (Å²) in [5.41, 5.74) is 6.48. The van der Waals surface area contributed by atoms with E-state index in [9.17, 15) is 4.79 Å². The van der Waals surface area contributed by atoms with Gasteiger partial charge in [0.15, 0.2) is 0 Å². The highest BCUT2D eigenvalue weighted by Crippen LogP contribution is 2.47. The number of hydrogen-bond donors (Lipinski definition) is 1. The number of nitrogens with one attached hydrogen (secondary N) is 1. The summed E-state index contributed by atoms with van der Waals surface area (Å²) in [4.78, 5) is 16.6. The molecule has 4 nitrogen and oxygen atoms in total. The van der Waals surface area contributed by atoms with Crippen LogP contribution in [-0.2, 0) is 4.79 Å². The van der Waals surface area contributed by atoms with Gasteiger partial charge < -0.3 is 0 Å². The number of aryl methyl sites for hydroxylation is 1. The van der Waals surface area contributed by atoms with Gasteiger partial charge in [-0.1, -0.05) is 54.1 Å². The monoisotopic (exact) mass is 363 g/mol. The summed E-state index contributed by atoms with van der Waals surface area (Å²) in [6.07, 6.45) is 2.41. The number of benzene rings is 2. The number of amides is 1. The van der Waals surface area contributed by atoms with Crippen LogP contribution in [-0.4, -0.2) is 17.1 Å². The average Bonchev–Trinajstić information content (AvgIpc) is 3.44. The van der Waals surface area contributed by atoms with Gasteiger partial charge >= 0.3 is 0 Å². The highest BCUT2D eigenvalue weighted by molar-refractivity contribution is 6.32. The zero-order valence-electron chi connectivity index (χ0n) is 14.3. The smallest absolute Gasteiger partial charge is 0.243 e. The molecule has 1 N–H and O–H groups in total. The second-order valence-electron chi connectivity index (χ2n) is 6.66. The molecule has 1 aliphatic rings. The Morgan fingerprint density at radius 1 is 1.23 bits per heavy atom. The molecule has 0 radical (unpaired) electrons. The number of rotatable bonds is 4. The van der Waals surface area contributed by atoms with Gasteiger partial charge in [0, 0.05) is 16.9 Å². The van der Waals surface area contributed by atoms with Crippen molar-refractivity contribution in [3.63, 3.8) is 0 Å². The summed E-state index contributed by atoms with van der Waals surface area (Å²) in [6.45, 7) is 2.01. The molecule has 1 aliphatic carbocycles. The van der Waals surface area contributed by atoms with Crippen molar-refractivity contribution in [1.82, 2.24) is 10.4 Å². The molecule has 26 heavy (non-hydrogen) atoms. The van der Waals surface area contributed by atoms with Crippen LogP contribution >= 0.6 is 11.6 Å². The SMILES string of the molecule is Cc1ccc2cc(C=NNC(=O)[C@H]3C[C@@H]3c3ccccc3)c(Cl)nc2c1. The molecule has 1 fully saturated rings. The van der Waals surface area contributed by atoms with Crippen molar-refractivity contribution >= 4 is 34.6 Å². The average molecular weight is 364 g/mol. The van der Waals surface area contributed by atoms with Crippen LogP contribution in [0.15, 0.2) is 59.7 Å². The van der Waals surface area contributed by atoms with E-state index in [1.165, 1.54) is 5.56 Å². The van der Waals surface area contributed by atoms with Crippen LogP contribution in [0.1, 0.15) is 29.0 Å². The first-order valence-corrected chi connectivity index (χ1v) is 8.94. The van der Waals surface area contributed by atoms with Gasteiger partial charge in [-0.3, -0.25) is 4.79 Å². The first-order valence-electron chi connectivity index (χ1n) is 8.56. The second kappa shape index (κ2) is 6.89. The Balaban J connectivity index is 1.43. The molecule has 1 amide bonds. The standard InChI is InChI=1S/C21H18ClN3O/c1-13-7-8-15-10-16(20(22)24-19(15)9-13)12-23-25-21(26)18-11-17(18)14-5-3-2-4-6-14/h2-10,12,17-18H,11H2,1H3,(H,25,26)/t17-,18+/m1/s1. The van der Waals surface area contributed by atoms with Crippen molar-refractivity contribution in [2.45, 2.75) is 19.3 Å². The van der Waals surface area contributed by atoms with E-state index in [2.05, 4.69) is 27.6 Å². The van der Waals surface area contributed by atoms with E-state index < -0.39 is 0 Å². The van der Waals surface area contributed by atoms with Gasteiger partial charge in [-0.25, -0.2) is 10.4 Å². The van der Waals surface area contributed by atoms with Crippen molar-refractivity contribution in [1.29, 1.82) is 0 Å². The molecular formula is C21H18ClN3O. The number of aromatic nitrogens is 1. The number of halogens is 1. The lowest BCUT2D eigenvalue weighted by molar-refractivity contribution is -0.122. The molecule has 0 unspecified atom stereocenters. The predicted molar refractivity (Wildman–Crippen MR) is 105 cm³/mol. The van der Waals surface area contributed by atoms with E-state index in [4.69, 9.17) is 11.6 Å². The van der Waals surface area contributed by atoms with Crippen LogP contribution in [0.3, 0.4) is 0 Å². The minimum Gasteiger partial charge on any atom is -0.273 e. The molecule has 2 aromatic carbocycles. The summed E-state index contributed by atoms with van der Waals surface area (Å²) in [5.74, 6) is 0.221. The molecule has 1 aromatic heterocycles. The van der Waals surface area contributed by atoms with Gasteiger partial charge in [0.1, 0.15) is 5.15 Å². The molecule has 4 rings (SSSR count). The van der Waals surface area contributed by atoms with Crippen LogP contribution < -0.4 is 5.43 Å². The summed E-state index contributed by atoms with van der Waals surface area (Å²) in [6, 6.07) is 18.0. The quantitative estimate of drug-likeness (QED) is 0.423. The van der Waals surface area contributed by atoms with E-state index >= 15 is 0 Å². The number of pyridine rings is 1. The molecule has 2 atom stereocenters. The third-order valence-corrected chi connectivity index (χ3v) is 4.99. The lowest BCUT2D eigenvalue weighted by atomic mass is 10.1. The van der Waals surface area contributed by atoms with E-state index in [-0.39, 0.29) is 11.8 Å². The molecule has 0 spiro atoms. The molecule has 130 valence electrons. The summed E-state index contributed by atoms with van der Waals surface area (Å²) >= 11 is 6.23. The third-order valence-electron chi connectivity index (χ3n) is 4.69. The van der Waals surface area contributed by atoms with Gasteiger partial charge in [0.05, 0.1) is 11.7 Å². The maximum atomic E-state index is 12.2. The zero-order chi connectivity index (χ0) is 18.1. The van der Waals surface area contributed by atoms with Crippen molar-refractivity contribution in [3.8, 4) is 0 Å². The normalized spacial score (nSPS) is 19.0. The van der Waals surface area contributed by atoms with Gasteiger partial charge in [-0.15, -0.1) is 0 Å². The predicted octanol–water partition coefficient (Wildman–Crippen LogP) is 4.45. The van der Waals surface area contributed by atoms with Crippen LogP contribution in [0.4, 0.5) is 0 Å². The van der Waals surface area contributed by atoms with Gasteiger partial charge in [0.2, 0.25) is 5.91 Å². The Kier molecular flexibility index (Phi) is 4.43. The van der Waals surface area contributed by atoms with E-state index in [0.717, 1.165) is 22.9 Å². The van der Waals surface area contributed by atoms with Crippen LogP contribution in [0, 0.1) is 12.8 Å². The number of carbonyl (C=O) groups is 1. The maximum Gasteiger partial charge on any atom is 0.243 e. The number of nitrogens with zero attached hydrogens (tertiary/aromatic N) is 2. The molecule has 3 aromatic rings. The van der Waals surface area contributed by atoms with E-state index in [1.807, 2.05) is 49.4 Å².